The lowest BCUT2D eigenvalue weighted by Gasteiger charge is -2.27. The number of nitrogens with one attached hydrogen (secondary N) is 1. The first-order chi connectivity index (χ1) is 14.0. The zero-order valence-electron chi connectivity index (χ0n) is 15.8. The van der Waals surface area contributed by atoms with Crippen LogP contribution in [0.4, 0.5) is 10.5 Å². The summed E-state index contributed by atoms with van der Waals surface area (Å²) in [7, 11) is 0. The summed E-state index contributed by atoms with van der Waals surface area (Å²) in [5.74, 6) is 0.785. The predicted molar refractivity (Wildman–Crippen MR) is 101 cm³/mol. The maximum atomic E-state index is 12.4. The number of amides is 2. The van der Waals surface area contributed by atoms with E-state index in [1.807, 2.05) is 0 Å². The third-order valence-corrected chi connectivity index (χ3v) is 4.62. The van der Waals surface area contributed by atoms with Crippen molar-refractivity contribution in [2.45, 2.75) is 26.4 Å². The number of anilines is 1. The van der Waals surface area contributed by atoms with Gasteiger partial charge in [0.15, 0.2) is 11.5 Å². The van der Waals surface area contributed by atoms with Gasteiger partial charge in [0.2, 0.25) is 12.7 Å². The van der Waals surface area contributed by atoms with Crippen LogP contribution < -0.4 is 20.3 Å². The summed E-state index contributed by atoms with van der Waals surface area (Å²) in [5.41, 5.74) is 1.49. The topological polar surface area (TPSA) is 112 Å². The smallest absolute Gasteiger partial charge is 0.410 e. The molecule has 10 nitrogen and oxygen atoms in total. The zero-order valence-corrected chi connectivity index (χ0v) is 15.8. The van der Waals surface area contributed by atoms with Crippen molar-refractivity contribution < 1.29 is 23.8 Å². The van der Waals surface area contributed by atoms with E-state index in [1.165, 1.54) is 11.0 Å². The highest BCUT2D eigenvalue weighted by Gasteiger charge is 2.24. The molecule has 1 aromatic carbocycles. The highest BCUT2D eigenvalue weighted by atomic mass is 16.7. The van der Waals surface area contributed by atoms with Crippen molar-refractivity contribution in [3.8, 4) is 11.5 Å². The van der Waals surface area contributed by atoms with Crippen LogP contribution in [0.3, 0.4) is 0 Å². The molecule has 0 aliphatic carbocycles. The van der Waals surface area contributed by atoms with Crippen molar-refractivity contribution in [3.63, 3.8) is 0 Å². The summed E-state index contributed by atoms with van der Waals surface area (Å²) in [6, 6.07) is 6.48. The first-order valence-electron chi connectivity index (χ1n) is 9.24. The fourth-order valence-electron chi connectivity index (χ4n) is 3.23. The van der Waals surface area contributed by atoms with Crippen LogP contribution in [0.1, 0.15) is 18.2 Å². The van der Waals surface area contributed by atoms with Gasteiger partial charge in [-0.25, -0.2) is 9.48 Å². The first kappa shape index (κ1) is 18.8. The summed E-state index contributed by atoms with van der Waals surface area (Å²) in [5, 5.41) is 7.03. The van der Waals surface area contributed by atoms with E-state index < -0.39 is 11.7 Å². The van der Waals surface area contributed by atoms with E-state index in [0.717, 1.165) is 4.68 Å². The molecule has 0 saturated heterocycles. The second-order valence-corrected chi connectivity index (χ2v) is 6.60. The van der Waals surface area contributed by atoms with Crippen molar-refractivity contribution in [1.29, 1.82) is 0 Å². The Morgan fingerprint density at radius 3 is 2.90 bits per heavy atom. The standard InChI is InChI=1S/C19H20N4O6/c1-2-27-19(26)22-6-5-14-12(9-22)7-18(25)23(21-14)10-17(24)20-13-3-4-15-16(8-13)29-11-28-15/h3-4,7-8H,2,5-6,9-11H2,1H3,(H,20,24). The van der Waals surface area contributed by atoms with E-state index in [1.54, 1.807) is 25.1 Å². The highest BCUT2D eigenvalue weighted by molar-refractivity contribution is 5.90. The maximum Gasteiger partial charge on any atom is 0.410 e. The second-order valence-electron chi connectivity index (χ2n) is 6.60. The average molecular weight is 400 g/mol. The van der Waals surface area contributed by atoms with Crippen LogP contribution in [-0.4, -0.2) is 46.6 Å². The Balaban J connectivity index is 1.44. The van der Waals surface area contributed by atoms with Gasteiger partial charge in [-0.05, 0) is 19.1 Å². The first-order valence-corrected chi connectivity index (χ1v) is 9.24. The number of hydrogen-bond donors (Lipinski definition) is 1. The van der Waals surface area contributed by atoms with Gasteiger partial charge in [-0.2, -0.15) is 5.10 Å². The quantitative estimate of drug-likeness (QED) is 0.819. The lowest BCUT2D eigenvalue weighted by Crippen LogP contribution is -2.39. The maximum absolute atomic E-state index is 12.4. The van der Waals surface area contributed by atoms with Crippen molar-refractivity contribution in [3.05, 3.63) is 45.9 Å². The molecule has 2 amide bonds. The third-order valence-electron chi connectivity index (χ3n) is 4.62. The number of carbonyl (C=O) groups is 2. The Morgan fingerprint density at radius 1 is 1.24 bits per heavy atom. The van der Waals surface area contributed by atoms with E-state index in [4.69, 9.17) is 14.2 Å². The monoisotopic (exact) mass is 400 g/mol. The SMILES string of the molecule is CCOC(=O)N1CCc2nn(CC(=O)Nc3ccc4c(c3)OCO4)c(=O)cc2C1. The van der Waals surface area contributed by atoms with Crippen molar-refractivity contribution >= 4 is 17.7 Å². The second kappa shape index (κ2) is 7.82. The molecule has 4 rings (SSSR count). The molecule has 0 spiro atoms. The molecule has 152 valence electrons. The van der Waals surface area contributed by atoms with Gasteiger partial charge in [0.05, 0.1) is 18.8 Å². The molecule has 0 saturated carbocycles. The molecule has 29 heavy (non-hydrogen) atoms. The summed E-state index contributed by atoms with van der Waals surface area (Å²) < 4.78 is 16.6. The minimum absolute atomic E-state index is 0.148. The molecular formula is C19H20N4O6. The van der Waals surface area contributed by atoms with Crippen LogP contribution in [-0.2, 0) is 29.0 Å². The van der Waals surface area contributed by atoms with Crippen LogP contribution >= 0.6 is 0 Å². The molecule has 2 aliphatic rings. The highest BCUT2D eigenvalue weighted by Crippen LogP contribution is 2.34. The largest absolute Gasteiger partial charge is 0.454 e. The molecule has 0 radical (unpaired) electrons. The third kappa shape index (κ3) is 4.00. The molecule has 3 heterocycles. The molecule has 2 aromatic rings. The van der Waals surface area contributed by atoms with E-state index in [9.17, 15) is 14.4 Å². The molecular weight excluding hydrogens is 380 g/mol. The molecule has 1 N–H and O–H groups in total. The predicted octanol–water partition coefficient (Wildman–Crippen LogP) is 1.13. The van der Waals surface area contributed by atoms with E-state index >= 15 is 0 Å². The number of ether oxygens (including phenoxy) is 3. The minimum atomic E-state index is -0.412. The van der Waals surface area contributed by atoms with Crippen molar-refractivity contribution in [2.24, 2.45) is 0 Å². The number of benzene rings is 1. The Labute approximate surface area is 166 Å². The number of rotatable bonds is 4. The molecule has 0 atom stereocenters. The van der Waals surface area contributed by atoms with E-state index in [0.29, 0.717) is 48.0 Å². The van der Waals surface area contributed by atoms with Crippen LogP contribution in [0.25, 0.3) is 0 Å². The van der Waals surface area contributed by atoms with Crippen LogP contribution in [0.5, 0.6) is 11.5 Å². The summed E-state index contributed by atoms with van der Waals surface area (Å²) >= 11 is 0. The van der Waals surface area contributed by atoms with Gasteiger partial charge in [-0.15, -0.1) is 0 Å². The van der Waals surface area contributed by atoms with Crippen LogP contribution in [0, 0.1) is 0 Å². The molecule has 10 heteroatoms. The van der Waals surface area contributed by atoms with Gasteiger partial charge in [-0.3, -0.25) is 9.59 Å². The Hall–Kier alpha value is -3.56. The number of nitrogens with zero attached hydrogens (tertiary/aromatic N) is 3. The Kier molecular flexibility index (Phi) is 5.07. The molecule has 0 bridgehead atoms. The fourth-order valence-corrected chi connectivity index (χ4v) is 3.23. The number of carbonyl (C=O) groups excluding carboxylic acids is 2. The summed E-state index contributed by atoms with van der Waals surface area (Å²) in [6.45, 7) is 2.67. The lowest BCUT2D eigenvalue weighted by molar-refractivity contribution is -0.117. The Bertz CT molecular complexity index is 1020. The van der Waals surface area contributed by atoms with Gasteiger partial charge in [0, 0.05) is 36.3 Å². The van der Waals surface area contributed by atoms with Gasteiger partial charge >= 0.3 is 6.09 Å². The van der Waals surface area contributed by atoms with Crippen molar-refractivity contribution in [2.75, 3.05) is 25.3 Å². The van der Waals surface area contributed by atoms with Gasteiger partial charge in [0.25, 0.3) is 5.56 Å². The van der Waals surface area contributed by atoms with Crippen LogP contribution in [0.15, 0.2) is 29.1 Å². The minimum Gasteiger partial charge on any atom is -0.454 e. The van der Waals surface area contributed by atoms with Gasteiger partial charge in [0.1, 0.15) is 6.54 Å². The molecule has 0 unspecified atom stereocenters. The van der Waals surface area contributed by atoms with E-state index in [-0.39, 0.29) is 25.8 Å². The summed E-state index contributed by atoms with van der Waals surface area (Å²) in [6.07, 6.45) is 0.0727. The molecule has 2 aliphatic heterocycles. The average Bonchev–Trinajstić information content (AvgIpc) is 3.16. The number of aromatic nitrogens is 2. The molecule has 0 fully saturated rings. The van der Waals surface area contributed by atoms with Gasteiger partial charge < -0.3 is 24.4 Å². The van der Waals surface area contributed by atoms with Crippen LogP contribution in [0.2, 0.25) is 0 Å². The zero-order chi connectivity index (χ0) is 20.4. The fraction of sp³-hybridized carbons (Fsp3) is 0.368. The molecule has 1 aromatic heterocycles. The Morgan fingerprint density at radius 2 is 2.07 bits per heavy atom. The van der Waals surface area contributed by atoms with Gasteiger partial charge in [-0.1, -0.05) is 0 Å². The van der Waals surface area contributed by atoms with E-state index in [2.05, 4.69) is 10.4 Å². The number of hydrogen-bond acceptors (Lipinski definition) is 7. The lowest BCUT2D eigenvalue weighted by atomic mass is 10.1. The number of fused-ring (bicyclic) bond motifs is 2. The summed E-state index contributed by atoms with van der Waals surface area (Å²) in [4.78, 5) is 38.2. The van der Waals surface area contributed by atoms with Crippen molar-refractivity contribution in [1.82, 2.24) is 14.7 Å². The normalized spacial score (nSPS) is 14.3.